The molecule has 6 heteroatoms. The fourth-order valence-electron chi connectivity index (χ4n) is 1.30. The maximum absolute atomic E-state index is 11.2. The molecule has 0 aliphatic carbocycles. The van der Waals surface area contributed by atoms with Crippen molar-refractivity contribution in [1.29, 1.82) is 0 Å². The van der Waals surface area contributed by atoms with Crippen LogP contribution in [0.1, 0.15) is 53.4 Å². The van der Waals surface area contributed by atoms with Crippen molar-refractivity contribution in [1.82, 2.24) is 0 Å². The second-order valence-electron chi connectivity index (χ2n) is 4.28. The van der Waals surface area contributed by atoms with E-state index in [1.54, 1.807) is 27.7 Å². The van der Waals surface area contributed by atoms with Gasteiger partial charge >= 0.3 is 11.9 Å². The second-order valence-corrected chi connectivity index (χ2v) is 4.28. The largest absolute Gasteiger partial charge is 0.466 e. The van der Waals surface area contributed by atoms with E-state index in [9.17, 15) is 9.59 Å². The van der Waals surface area contributed by atoms with Crippen molar-refractivity contribution in [3.05, 3.63) is 0 Å². The van der Waals surface area contributed by atoms with Gasteiger partial charge in [0.1, 0.15) is 0 Å². The van der Waals surface area contributed by atoms with E-state index in [4.69, 9.17) is 9.47 Å². The fourth-order valence-corrected chi connectivity index (χ4v) is 1.30. The quantitative estimate of drug-likeness (QED) is 0.370. The zero-order valence-electron chi connectivity index (χ0n) is 12.8. The van der Waals surface area contributed by atoms with Crippen molar-refractivity contribution in [2.75, 3.05) is 13.2 Å². The van der Waals surface area contributed by atoms with Crippen LogP contribution in [0.4, 0.5) is 0 Å². The van der Waals surface area contributed by atoms with Crippen molar-refractivity contribution < 1.29 is 19.1 Å². The van der Waals surface area contributed by atoms with E-state index in [0.29, 0.717) is 38.9 Å². The van der Waals surface area contributed by atoms with Crippen LogP contribution in [0.2, 0.25) is 0 Å². The molecular formula is C14H24N2O4. The first-order valence-corrected chi connectivity index (χ1v) is 6.87. The number of nitrogens with zero attached hydrogens (tertiary/aromatic N) is 2. The van der Waals surface area contributed by atoms with Gasteiger partial charge in [-0.1, -0.05) is 0 Å². The Morgan fingerprint density at radius 3 is 1.40 bits per heavy atom. The Morgan fingerprint density at radius 1 is 0.750 bits per heavy atom. The monoisotopic (exact) mass is 284 g/mol. The molecule has 20 heavy (non-hydrogen) atoms. The molecule has 0 aliphatic heterocycles. The summed E-state index contributed by atoms with van der Waals surface area (Å²) in [6.45, 7) is 7.94. The number of hydrogen-bond acceptors (Lipinski definition) is 6. The smallest absolute Gasteiger partial charge is 0.306 e. The van der Waals surface area contributed by atoms with E-state index in [-0.39, 0.29) is 11.9 Å². The molecule has 0 aromatic carbocycles. The Morgan fingerprint density at radius 2 is 1.10 bits per heavy atom. The first kappa shape index (κ1) is 18.3. The van der Waals surface area contributed by atoms with Gasteiger partial charge in [0.25, 0.3) is 0 Å². The van der Waals surface area contributed by atoms with E-state index in [0.717, 1.165) is 11.4 Å². The van der Waals surface area contributed by atoms with Gasteiger partial charge in [-0.3, -0.25) is 9.59 Å². The van der Waals surface area contributed by atoms with E-state index in [1.807, 2.05) is 0 Å². The van der Waals surface area contributed by atoms with Crippen LogP contribution in [-0.4, -0.2) is 36.6 Å². The molecule has 6 nitrogen and oxygen atoms in total. The lowest BCUT2D eigenvalue weighted by Crippen LogP contribution is -2.06. The van der Waals surface area contributed by atoms with Gasteiger partial charge in [-0.15, -0.1) is 0 Å². The zero-order valence-corrected chi connectivity index (χ0v) is 12.8. The summed E-state index contributed by atoms with van der Waals surface area (Å²) in [5, 5.41) is 8.05. The van der Waals surface area contributed by atoms with E-state index in [1.165, 1.54) is 0 Å². The standard InChI is InChI=1S/C14H24N2O4/c1-5-19-13(17)9-7-11(3)15-16-12(4)8-10-14(18)20-6-2/h5-10H2,1-4H3/b15-11-,16-12+. The Bertz CT molecular complexity index is 339. The van der Waals surface area contributed by atoms with Crippen LogP contribution in [0.3, 0.4) is 0 Å². The number of carbonyl (C=O) groups excluding carboxylic acids is 2. The number of ether oxygens (including phenoxy) is 2. The molecule has 0 atom stereocenters. The molecule has 0 spiro atoms. The van der Waals surface area contributed by atoms with E-state index < -0.39 is 0 Å². The van der Waals surface area contributed by atoms with Crippen molar-refractivity contribution in [2.45, 2.75) is 53.4 Å². The molecule has 0 saturated carbocycles. The zero-order chi connectivity index (χ0) is 15.4. The molecule has 114 valence electrons. The maximum atomic E-state index is 11.2. The maximum Gasteiger partial charge on any atom is 0.306 e. The SMILES string of the molecule is CCOC(=O)CC/C(C)=N\N=C(/C)CCC(=O)OCC. The third-order valence-corrected chi connectivity index (χ3v) is 2.38. The average molecular weight is 284 g/mol. The van der Waals surface area contributed by atoms with Crippen LogP contribution in [0.25, 0.3) is 0 Å². The van der Waals surface area contributed by atoms with Crippen LogP contribution >= 0.6 is 0 Å². The predicted molar refractivity (Wildman–Crippen MR) is 78.0 cm³/mol. The van der Waals surface area contributed by atoms with Crippen LogP contribution < -0.4 is 0 Å². The molecule has 0 amide bonds. The van der Waals surface area contributed by atoms with Crippen molar-refractivity contribution in [2.24, 2.45) is 10.2 Å². The van der Waals surface area contributed by atoms with Gasteiger partial charge in [-0.25, -0.2) is 0 Å². The molecule has 0 saturated heterocycles. The third-order valence-electron chi connectivity index (χ3n) is 2.38. The van der Waals surface area contributed by atoms with E-state index >= 15 is 0 Å². The van der Waals surface area contributed by atoms with Crippen molar-refractivity contribution >= 4 is 23.4 Å². The number of hydrogen-bond donors (Lipinski definition) is 0. The predicted octanol–water partition coefficient (Wildman–Crippen LogP) is 2.51. The molecule has 0 aliphatic rings. The Labute approximate surface area is 120 Å². The van der Waals surface area contributed by atoms with Gasteiger partial charge in [-0.2, -0.15) is 10.2 Å². The van der Waals surface area contributed by atoms with Crippen LogP contribution in [-0.2, 0) is 19.1 Å². The summed E-state index contributed by atoms with van der Waals surface area (Å²) in [5.74, 6) is -0.463. The molecule has 0 radical (unpaired) electrons. The first-order chi connectivity index (χ1) is 9.49. The first-order valence-electron chi connectivity index (χ1n) is 6.87. The summed E-state index contributed by atoms with van der Waals surface area (Å²) in [4.78, 5) is 22.3. The summed E-state index contributed by atoms with van der Waals surface area (Å²) in [6, 6.07) is 0. The normalized spacial score (nSPS) is 12.2. The van der Waals surface area contributed by atoms with Crippen molar-refractivity contribution in [3.8, 4) is 0 Å². The highest BCUT2D eigenvalue weighted by Gasteiger charge is 2.04. The summed E-state index contributed by atoms with van der Waals surface area (Å²) in [6.07, 6.45) is 1.65. The van der Waals surface area contributed by atoms with Crippen LogP contribution in [0.5, 0.6) is 0 Å². The third kappa shape index (κ3) is 10.2. The molecular weight excluding hydrogens is 260 g/mol. The van der Waals surface area contributed by atoms with Crippen molar-refractivity contribution in [3.63, 3.8) is 0 Å². The lowest BCUT2D eigenvalue weighted by atomic mass is 10.2. The highest BCUT2D eigenvalue weighted by atomic mass is 16.5. The Kier molecular flexibility index (Phi) is 10.2. The Balaban J connectivity index is 4.06. The lowest BCUT2D eigenvalue weighted by molar-refractivity contribution is -0.143. The van der Waals surface area contributed by atoms with Crippen LogP contribution in [0, 0.1) is 0 Å². The van der Waals surface area contributed by atoms with Gasteiger partial charge in [0, 0.05) is 11.4 Å². The molecule has 0 fully saturated rings. The minimum Gasteiger partial charge on any atom is -0.466 e. The number of rotatable bonds is 9. The van der Waals surface area contributed by atoms with Gasteiger partial charge < -0.3 is 9.47 Å². The summed E-state index contributed by atoms with van der Waals surface area (Å²) in [5.41, 5.74) is 1.52. The minimum absolute atomic E-state index is 0.231. The number of carbonyl (C=O) groups is 2. The molecule has 0 rings (SSSR count). The highest BCUT2D eigenvalue weighted by Crippen LogP contribution is 1.99. The minimum atomic E-state index is -0.231. The topological polar surface area (TPSA) is 77.3 Å². The lowest BCUT2D eigenvalue weighted by Gasteiger charge is -2.01. The van der Waals surface area contributed by atoms with Crippen LogP contribution in [0.15, 0.2) is 10.2 Å². The van der Waals surface area contributed by atoms with Gasteiger partial charge in [-0.05, 0) is 40.5 Å². The van der Waals surface area contributed by atoms with Gasteiger partial charge in [0.2, 0.25) is 0 Å². The Hall–Kier alpha value is -1.72. The summed E-state index contributed by atoms with van der Waals surface area (Å²) in [7, 11) is 0. The second kappa shape index (κ2) is 11.1. The summed E-state index contributed by atoms with van der Waals surface area (Å²) < 4.78 is 9.65. The molecule has 0 bridgehead atoms. The summed E-state index contributed by atoms with van der Waals surface area (Å²) >= 11 is 0. The molecule has 0 aromatic heterocycles. The average Bonchev–Trinajstić information content (AvgIpc) is 2.41. The molecule has 0 N–H and O–H groups in total. The van der Waals surface area contributed by atoms with Gasteiger partial charge in [0.05, 0.1) is 26.1 Å². The molecule has 0 heterocycles. The highest BCUT2D eigenvalue weighted by molar-refractivity contribution is 5.88. The number of esters is 2. The fraction of sp³-hybridized carbons (Fsp3) is 0.714. The van der Waals surface area contributed by atoms with Gasteiger partial charge in [0.15, 0.2) is 0 Å². The van der Waals surface area contributed by atoms with E-state index in [2.05, 4.69) is 10.2 Å². The molecule has 0 unspecified atom stereocenters. The molecule has 0 aromatic rings.